The van der Waals surface area contributed by atoms with E-state index in [0.717, 1.165) is 28.5 Å². The lowest BCUT2D eigenvalue weighted by Gasteiger charge is -2.04. The smallest absolute Gasteiger partial charge is 0.324 e. The fourth-order valence-electron chi connectivity index (χ4n) is 3.11. The Labute approximate surface area is 208 Å². The molecule has 0 aliphatic rings. The van der Waals surface area contributed by atoms with Crippen molar-refractivity contribution < 1.29 is 28.3 Å². The molecule has 0 atom stereocenters. The summed E-state index contributed by atoms with van der Waals surface area (Å²) in [5.74, 6) is 0. The summed E-state index contributed by atoms with van der Waals surface area (Å²) in [6, 6.07) is 11.2. The molecule has 3 aromatic rings. The molecule has 2 heterocycles. The molecule has 9 heteroatoms. The van der Waals surface area contributed by atoms with Crippen molar-refractivity contribution in [1.29, 1.82) is 0 Å². The topological polar surface area (TPSA) is 82.4 Å². The first-order valence-corrected chi connectivity index (χ1v) is 13.1. The van der Waals surface area contributed by atoms with Gasteiger partial charge in [-0.1, -0.05) is 47.5 Å². The molecular formula is C25H25Cl2N2O4P+2. The Balaban J connectivity index is 1.66. The predicted octanol–water partition coefficient (Wildman–Crippen LogP) is 4.68. The number of rotatable bonds is 10. The molecule has 0 amide bonds. The van der Waals surface area contributed by atoms with Gasteiger partial charge in [0.05, 0.1) is 6.42 Å². The number of nitrogens with zero attached hydrogens (tertiary/aromatic N) is 2. The lowest BCUT2D eigenvalue weighted by molar-refractivity contribution is -0.695. The van der Waals surface area contributed by atoms with Gasteiger partial charge in [0.15, 0.2) is 37.9 Å². The zero-order chi connectivity index (χ0) is 24.6. The van der Waals surface area contributed by atoms with Crippen LogP contribution in [0.15, 0.2) is 61.2 Å². The van der Waals surface area contributed by atoms with Crippen LogP contribution in [0.5, 0.6) is 0 Å². The highest BCUT2D eigenvalue weighted by Crippen LogP contribution is 2.33. The first-order valence-electron chi connectivity index (χ1n) is 10.6. The second kappa shape index (κ2) is 12.2. The molecule has 0 fully saturated rings. The van der Waals surface area contributed by atoms with Crippen molar-refractivity contribution in [3.63, 3.8) is 0 Å². The summed E-state index contributed by atoms with van der Waals surface area (Å²) < 4.78 is 14.7. The maximum atomic E-state index is 11.0. The van der Waals surface area contributed by atoms with E-state index in [4.69, 9.17) is 33.0 Å². The van der Waals surface area contributed by atoms with Crippen LogP contribution in [0.4, 0.5) is 0 Å². The van der Waals surface area contributed by atoms with E-state index >= 15 is 0 Å². The van der Waals surface area contributed by atoms with Gasteiger partial charge < -0.3 is 14.6 Å². The van der Waals surface area contributed by atoms with Crippen LogP contribution in [0.1, 0.15) is 28.7 Å². The van der Waals surface area contributed by atoms with Gasteiger partial charge in [-0.15, -0.1) is 0 Å². The average molecular weight is 519 g/mol. The number of hydrogen-bond donors (Lipinski definition) is 2. The molecule has 176 valence electrons. The average Bonchev–Trinajstić information content (AvgIpc) is 2.81. The number of pyridine rings is 2. The minimum atomic E-state index is -4.02. The quantitative estimate of drug-likeness (QED) is 0.232. The number of benzene rings is 1. The molecule has 0 bridgehead atoms. The van der Waals surface area contributed by atoms with Crippen molar-refractivity contribution in [2.75, 3.05) is 6.16 Å². The second-order valence-electron chi connectivity index (χ2n) is 7.64. The van der Waals surface area contributed by atoms with Crippen molar-refractivity contribution in [2.24, 2.45) is 0 Å². The van der Waals surface area contributed by atoms with Gasteiger partial charge in [-0.05, 0) is 34.4 Å². The van der Waals surface area contributed by atoms with E-state index in [0.29, 0.717) is 23.0 Å². The van der Waals surface area contributed by atoms with Crippen LogP contribution in [-0.4, -0.2) is 22.2 Å². The van der Waals surface area contributed by atoms with Gasteiger partial charge in [0.25, 0.3) is 0 Å². The monoisotopic (exact) mass is 518 g/mol. The van der Waals surface area contributed by atoms with E-state index in [1.54, 1.807) is 17.0 Å². The minimum absolute atomic E-state index is 0.201. The Morgan fingerprint density at radius 3 is 1.62 bits per heavy atom. The third-order valence-corrected chi connectivity index (χ3v) is 6.45. The Bertz CT molecular complexity index is 1240. The lowest BCUT2D eigenvalue weighted by Crippen LogP contribution is -2.34. The molecule has 34 heavy (non-hydrogen) atoms. The zero-order valence-electron chi connectivity index (χ0n) is 18.3. The van der Waals surface area contributed by atoms with Crippen molar-refractivity contribution in [3.8, 4) is 0 Å². The number of carbonyl (C=O) groups is 1. The Hall–Kier alpha value is -2.60. The number of aldehydes is 1. The van der Waals surface area contributed by atoms with Crippen LogP contribution in [-0.2, 0) is 22.4 Å². The van der Waals surface area contributed by atoms with E-state index in [1.165, 1.54) is 0 Å². The molecule has 2 aromatic heterocycles. The van der Waals surface area contributed by atoms with Gasteiger partial charge in [-0.3, -0.25) is 4.57 Å². The molecule has 3 rings (SSSR count). The highest BCUT2D eigenvalue weighted by Gasteiger charge is 2.15. The number of halogens is 2. The summed E-state index contributed by atoms with van der Waals surface area (Å²) in [6.07, 6.45) is 16.2. The van der Waals surface area contributed by atoms with Crippen LogP contribution in [0.2, 0.25) is 10.0 Å². The van der Waals surface area contributed by atoms with E-state index in [2.05, 4.69) is 0 Å². The van der Waals surface area contributed by atoms with E-state index in [1.807, 2.05) is 77.7 Å². The van der Waals surface area contributed by atoms with Gasteiger partial charge in [0.1, 0.15) is 12.4 Å². The maximum absolute atomic E-state index is 11.0. The molecule has 0 spiro atoms. The van der Waals surface area contributed by atoms with Crippen LogP contribution < -0.4 is 9.13 Å². The highest BCUT2D eigenvalue weighted by atomic mass is 35.5. The van der Waals surface area contributed by atoms with Crippen molar-refractivity contribution >= 4 is 61.4 Å². The first kappa shape index (κ1) is 26.0. The lowest BCUT2D eigenvalue weighted by atomic mass is 10.1. The SMILES string of the molecule is O=CCC[n+]1ccc(/C=C/c2cc(Cl)c(/C=C/c3cc[n+](CCP(=O)(O)O)cc3)cc2Cl)cc1. The molecule has 0 radical (unpaired) electrons. The van der Waals surface area contributed by atoms with Crippen LogP contribution in [0.3, 0.4) is 0 Å². The number of hydrogen-bond acceptors (Lipinski definition) is 2. The van der Waals surface area contributed by atoms with Crippen LogP contribution in [0, 0.1) is 0 Å². The molecular weight excluding hydrogens is 494 g/mol. The Morgan fingerprint density at radius 1 is 0.765 bits per heavy atom. The zero-order valence-corrected chi connectivity index (χ0v) is 20.7. The third kappa shape index (κ3) is 8.32. The molecule has 0 saturated carbocycles. The van der Waals surface area contributed by atoms with Gasteiger partial charge >= 0.3 is 7.60 Å². The summed E-state index contributed by atoms with van der Waals surface area (Å²) in [6.45, 7) is 0.900. The normalized spacial score (nSPS) is 12.0. The first-order chi connectivity index (χ1) is 16.2. The number of carbonyl (C=O) groups excluding carboxylic acids is 1. The molecule has 1 aromatic carbocycles. The molecule has 2 N–H and O–H groups in total. The molecule has 0 aliphatic carbocycles. The van der Waals surface area contributed by atoms with Gasteiger partial charge in [0, 0.05) is 34.3 Å². The van der Waals surface area contributed by atoms with E-state index in [-0.39, 0.29) is 12.7 Å². The van der Waals surface area contributed by atoms with Gasteiger partial charge in [0.2, 0.25) is 0 Å². The number of aryl methyl sites for hydroxylation is 2. The van der Waals surface area contributed by atoms with E-state index < -0.39 is 7.60 Å². The summed E-state index contributed by atoms with van der Waals surface area (Å²) in [5.41, 5.74) is 3.49. The number of aromatic nitrogens is 2. The van der Waals surface area contributed by atoms with E-state index in [9.17, 15) is 9.36 Å². The Kier molecular flexibility index (Phi) is 9.34. The fourth-order valence-corrected chi connectivity index (χ4v) is 4.07. The standard InChI is InChI=1S/C25H23Cl2N2O4P/c26-24-19-23(5-3-21-8-13-29(14-9-21)15-17-34(31,32)33)25(27)18-22(24)4-2-20-6-11-28(12-7-20)10-1-16-30/h2-9,11-14,16,18-19H,1,10,15,17H2/p+2/b4-2+,5-3+. The largest absolute Gasteiger partial charge is 0.331 e. The molecule has 6 nitrogen and oxygen atoms in total. The molecule has 0 saturated heterocycles. The summed E-state index contributed by atoms with van der Waals surface area (Å²) in [5, 5.41) is 1.13. The van der Waals surface area contributed by atoms with Crippen molar-refractivity contribution in [1.82, 2.24) is 0 Å². The van der Waals surface area contributed by atoms with Gasteiger partial charge in [-0.2, -0.15) is 0 Å². The second-order valence-corrected chi connectivity index (χ2v) is 10.2. The predicted molar refractivity (Wildman–Crippen MR) is 135 cm³/mol. The summed E-state index contributed by atoms with van der Waals surface area (Å²) in [4.78, 5) is 28.5. The van der Waals surface area contributed by atoms with Crippen LogP contribution in [0.25, 0.3) is 24.3 Å². The maximum Gasteiger partial charge on any atom is 0.331 e. The highest BCUT2D eigenvalue weighted by molar-refractivity contribution is 7.51. The molecule has 0 aliphatic heterocycles. The Morgan fingerprint density at radius 2 is 1.21 bits per heavy atom. The fraction of sp³-hybridized carbons (Fsp3) is 0.160. The molecule has 0 unspecified atom stereocenters. The van der Waals surface area contributed by atoms with Gasteiger partial charge in [-0.25, -0.2) is 9.13 Å². The van der Waals surface area contributed by atoms with Crippen LogP contribution >= 0.6 is 30.8 Å². The third-order valence-electron chi connectivity index (χ3n) is 5.02. The minimum Gasteiger partial charge on any atom is -0.324 e. The van der Waals surface area contributed by atoms with Crippen molar-refractivity contribution in [2.45, 2.75) is 19.5 Å². The summed E-state index contributed by atoms with van der Waals surface area (Å²) in [7, 11) is -4.02. The van der Waals surface area contributed by atoms with Crippen molar-refractivity contribution in [3.05, 3.63) is 93.5 Å². The summed E-state index contributed by atoms with van der Waals surface area (Å²) >= 11 is 13.0.